The number of benzene rings is 1. The van der Waals surface area contributed by atoms with E-state index in [0.29, 0.717) is 12.2 Å². The van der Waals surface area contributed by atoms with E-state index in [1.165, 1.54) is 18.2 Å². The number of alkyl carbamates (subject to hydrolysis) is 1. The summed E-state index contributed by atoms with van der Waals surface area (Å²) in [6.07, 6.45) is -0.524. The van der Waals surface area contributed by atoms with E-state index in [0.717, 1.165) is 0 Å². The van der Waals surface area contributed by atoms with Gasteiger partial charge in [0.1, 0.15) is 5.75 Å². The highest BCUT2D eigenvalue weighted by atomic mass is 35.5. The first-order valence-corrected chi connectivity index (χ1v) is 6.09. The number of phenols is 1. The summed E-state index contributed by atoms with van der Waals surface area (Å²) in [5.41, 5.74) is 0.332. The third-order valence-corrected chi connectivity index (χ3v) is 2.47. The molecule has 0 unspecified atom stereocenters. The quantitative estimate of drug-likeness (QED) is 0.716. The first-order valence-electron chi connectivity index (χ1n) is 5.72. The second-order valence-electron chi connectivity index (χ2n) is 3.57. The molecule has 0 saturated carbocycles. The molecule has 1 rings (SSSR count). The van der Waals surface area contributed by atoms with E-state index in [-0.39, 0.29) is 29.8 Å². The molecular weight excluding hydrogens is 272 g/mol. The lowest BCUT2D eigenvalue weighted by atomic mass is 10.2. The average molecular weight is 287 g/mol. The van der Waals surface area contributed by atoms with Gasteiger partial charge in [-0.25, -0.2) is 4.79 Å². The molecule has 19 heavy (non-hydrogen) atoms. The smallest absolute Gasteiger partial charge is 0.407 e. The number of hydrogen-bond donors (Lipinski definition) is 3. The van der Waals surface area contributed by atoms with Gasteiger partial charge in [-0.1, -0.05) is 11.6 Å². The summed E-state index contributed by atoms with van der Waals surface area (Å²) in [7, 11) is 0. The second-order valence-corrected chi connectivity index (χ2v) is 3.98. The Morgan fingerprint density at radius 3 is 2.63 bits per heavy atom. The molecule has 0 heterocycles. The van der Waals surface area contributed by atoms with Gasteiger partial charge in [-0.15, -0.1) is 0 Å². The van der Waals surface area contributed by atoms with E-state index in [2.05, 4.69) is 15.4 Å². The highest BCUT2D eigenvalue weighted by Crippen LogP contribution is 2.23. The predicted molar refractivity (Wildman–Crippen MR) is 70.5 cm³/mol. The van der Waals surface area contributed by atoms with Gasteiger partial charge >= 0.3 is 6.09 Å². The minimum atomic E-state index is -0.524. The van der Waals surface area contributed by atoms with Crippen LogP contribution in [0.2, 0.25) is 5.02 Å². The van der Waals surface area contributed by atoms with E-state index in [4.69, 9.17) is 11.6 Å². The number of rotatable bonds is 5. The monoisotopic (exact) mass is 286 g/mol. The summed E-state index contributed by atoms with van der Waals surface area (Å²) in [6.45, 7) is 2.52. The summed E-state index contributed by atoms with van der Waals surface area (Å²) in [5, 5.41) is 14.4. The van der Waals surface area contributed by atoms with Crippen LogP contribution in [0.3, 0.4) is 0 Å². The lowest BCUT2D eigenvalue weighted by Gasteiger charge is -2.07. The van der Waals surface area contributed by atoms with E-state index in [1.54, 1.807) is 6.92 Å². The molecule has 0 bridgehead atoms. The zero-order valence-corrected chi connectivity index (χ0v) is 11.2. The predicted octanol–water partition coefficient (Wildman–Crippen LogP) is 1.52. The van der Waals surface area contributed by atoms with Gasteiger partial charge in [0.15, 0.2) is 0 Å². The van der Waals surface area contributed by atoms with Gasteiger partial charge in [0, 0.05) is 18.7 Å². The van der Waals surface area contributed by atoms with Crippen molar-refractivity contribution in [3.05, 3.63) is 28.8 Å². The summed E-state index contributed by atoms with van der Waals surface area (Å²) >= 11 is 5.69. The number of halogens is 1. The Kier molecular flexibility index (Phi) is 5.95. The summed E-state index contributed by atoms with van der Waals surface area (Å²) in [5.74, 6) is -0.422. The molecule has 0 aliphatic heterocycles. The van der Waals surface area contributed by atoms with Crippen molar-refractivity contribution in [3.63, 3.8) is 0 Å². The van der Waals surface area contributed by atoms with Gasteiger partial charge in [0.2, 0.25) is 0 Å². The highest BCUT2D eigenvalue weighted by Gasteiger charge is 2.08. The number of carbonyl (C=O) groups excluding carboxylic acids is 2. The van der Waals surface area contributed by atoms with Crippen LogP contribution in [0.15, 0.2) is 18.2 Å². The Labute approximate surface area is 115 Å². The molecule has 3 N–H and O–H groups in total. The van der Waals surface area contributed by atoms with Gasteiger partial charge in [0.05, 0.1) is 11.6 Å². The van der Waals surface area contributed by atoms with Crippen molar-refractivity contribution in [1.29, 1.82) is 0 Å². The van der Waals surface area contributed by atoms with Crippen LogP contribution in [0, 0.1) is 0 Å². The molecule has 0 spiro atoms. The number of carbonyl (C=O) groups is 2. The molecule has 104 valence electrons. The fourth-order valence-corrected chi connectivity index (χ4v) is 1.45. The van der Waals surface area contributed by atoms with Crippen molar-refractivity contribution in [2.75, 3.05) is 19.7 Å². The molecule has 1 aromatic rings. The maximum Gasteiger partial charge on any atom is 0.407 e. The third-order valence-electron chi connectivity index (χ3n) is 2.17. The van der Waals surface area contributed by atoms with Crippen molar-refractivity contribution in [2.24, 2.45) is 0 Å². The molecule has 2 amide bonds. The molecule has 6 nitrogen and oxygen atoms in total. The topological polar surface area (TPSA) is 87.7 Å². The van der Waals surface area contributed by atoms with Crippen LogP contribution in [-0.4, -0.2) is 36.8 Å². The molecule has 1 aromatic carbocycles. The van der Waals surface area contributed by atoms with E-state index in [1.807, 2.05) is 0 Å². The summed E-state index contributed by atoms with van der Waals surface area (Å²) in [6, 6.07) is 4.16. The number of ether oxygens (including phenoxy) is 1. The normalized spacial score (nSPS) is 9.79. The minimum Gasteiger partial charge on any atom is -0.506 e. The molecule has 0 saturated heterocycles. The molecule has 0 radical (unpaired) electrons. The standard InChI is InChI=1S/C12H15ClN2O4/c1-2-19-12(18)15-6-5-14-11(17)8-3-4-10(16)9(13)7-8/h3-4,7,16H,2,5-6H2,1H3,(H,14,17)(H,15,18). The largest absolute Gasteiger partial charge is 0.506 e. The molecule has 0 aliphatic carbocycles. The van der Waals surface area contributed by atoms with Gasteiger partial charge in [0.25, 0.3) is 5.91 Å². The molecule has 0 fully saturated rings. The number of hydrogen-bond acceptors (Lipinski definition) is 4. The fourth-order valence-electron chi connectivity index (χ4n) is 1.27. The number of phenolic OH excluding ortho intramolecular Hbond substituents is 1. The molecule has 0 aliphatic rings. The maximum absolute atomic E-state index is 11.7. The van der Waals surface area contributed by atoms with Crippen molar-refractivity contribution in [3.8, 4) is 5.75 Å². The van der Waals surface area contributed by atoms with Gasteiger partial charge in [-0.05, 0) is 25.1 Å². The van der Waals surface area contributed by atoms with Crippen molar-refractivity contribution in [1.82, 2.24) is 10.6 Å². The molecule has 7 heteroatoms. The van der Waals surface area contributed by atoms with E-state index >= 15 is 0 Å². The Hall–Kier alpha value is -1.95. The third kappa shape index (κ3) is 5.05. The fraction of sp³-hybridized carbons (Fsp3) is 0.333. The molecule has 0 aromatic heterocycles. The zero-order valence-electron chi connectivity index (χ0n) is 10.4. The number of amides is 2. The van der Waals surface area contributed by atoms with Crippen LogP contribution in [-0.2, 0) is 4.74 Å². The average Bonchev–Trinajstić information content (AvgIpc) is 2.38. The lowest BCUT2D eigenvalue weighted by molar-refractivity contribution is 0.0952. The van der Waals surface area contributed by atoms with Gasteiger partial charge in [-0.2, -0.15) is 0 Å². The van der Waals surface area contributed by atoms with Crippen molar-refractivity contribution >= 4 is 23.6 Å². The van der Waals surface area contributed by atoms with Crippen LogP contribution in [0.5, 0.6) is 5.75 Å². The molecule has 0 atom stereocenters. The zero-order chi connectivity index (χ0) is 14.3. The van der Waals surface area contributed by atoms with Crippen LogP contribution in [0.4, 0.5) is 4.79 Å². The Bertz CT molecular complexity index is 465. The van der Waals surface area contributed by atoms with Crippen LogP contribution >= 0.6 is 11.6 Å². The summed E-state index contributed by atoms with van der Waals surface area (Å²) < 4.78 is 4.65. The Balaban J connectivity index is 2.35. The molecular formula is C12H15ClN2O4. The SMILES string of the molecule is CCOC(=O)NCCNC(=O)c1ccc(O)c(Cl)c1. The second kappa shape index (κ2) is 7.48. The van der Waals surface area contributed by atoms with Crippen LogP contribution < -0.4 is 10.6 Å². The Morgan fingerprint density at radius 1 is 1.32 bits per heavy atom. The first kappa shape index (κ1) is 15.1. The highest BCUT2D eigenvalue weighted by molar-refractivity contribution is 6.32. The van der Waals surface area contributed by atoms with Crippen molar-refractivity contribution < 1.29 is 19.4 Å². The van der Waals surface area contributed by atoms with Crippen LogP contribution in [0.25, 0.3) is 0 Å². The number of nitrogens with one attached hydrogen (secondary N) is 2. The van der Waals surface area contributed by atoms with E-state index < -0.39 is 6.09 Å². The maximum atomic E-state index is 11.7. The van der Waals surface area contributed by atoms with Crippen molar-refractivity contribution in [2.45, 2.75) is 6.92 Å². The van der Waals surface area contributed by atoms with Gasteiger partial charge in [-0.3, -0.25) is 4.79 Å². The Morgan fingerprint density at radius 2 is 2.00 bits per heavy atom. The lowest BCUT2D eigenvalue weighted by Crippen LogP contribution is -2.34. The minimum absolute atomic E-state index is 0.0813. The van der Waals surface area contributed by atoms with Gasteiger partial charge < -0.3 is 20.5 Å². The van der Waals surface area contributed by atoms with E-state index in [9.17, 15) is 14.7 Å². The summed E-state index contributed by atoms with van der Waals surface area (Å²) in [4.78, 5) is 22.6. The van der Waals surface area contributed by atoms with Crippen LogP contribution in [0.1, 0.15) is 17.3 Å². The first-order chi connectivity index (χ1) is 9.04. The number of aromatic hydroxyl groups is 1.